The van der Waals surface area contributed by atoms with Crippen molar-refractivity contribution in [3.05, 3.63) is 23.8 Å². The smallest absolute Gasteiger partial charge is 0.161 e. The van der Waals surface area contributed by atoms with Gasteiger partial charge in [0.15, 0.2) is 11.5 Å². The summed E-state index contributed by atoms with van der Waals surface area (Å²) in [5.41, 5.74) is 1.25. The molecule has 1 aliphatic rings. The Kier molecular flexibility index (Phi) is 6.37. The van der Waals surface area contributed by atoms with Gasteiger partial charge in [-0.05, 0) is 42.9 Å². The second kappa shape index (κ2) is 8.28. The maximum Gasteiger partial charge on any atom is 0.161 e. The zero-order valence-corrected chi connectivity index (χ0v) is 13.7. The van der Waals surface area contributed by atoms with Gasteiger partial charge in [-0.3, -0.25) is 0 Å². The number of methoxy groups -OCH3 is 2. The molecule has 3 heteroatoms. The molecule has 0 bridgehead atoms. The first-order valence-corrected chi connectivity index (χ1v) is 8.21. The van der Waals surface area contributed by atoms with Gasteiger partial charge < -0.3 is 14.8 Å². The van der Waals surface area contributed by atoms with E-state index >= 15 is 0 Å². The van der Waals surface area contributed by atoms with E-state index in [0.717, 1.165) is 24.0 Å². The number of hydrogen-bond acceptors (Lipinski definition) is 3. The Morgan fingerprint density at radius 3 is 2.57 bits per heavy atom. The SMILES string of the molecule is CCC1CCCC(NCc2ccc(OC)c(OC)c2)CC1. The third-order valence-electron chi connectivity index (χ3n) is 4.71. The van der Waals surface area contributed by atoms with Crippen LogP contribution in [0, 0.1) is 5.92 Å². The van der Waals surface area contributed by atoms with Crippen molar-refractivity contribution in [2.45, 2.75) is 58.0 Å². The molecule has 21 heavy (non-hydrogen) atoms. The Labute approximate surface area is 129 Å². The van der Waals surface area contributed by atoms with Crippen molar-refractivity contribution < 1.29 is 9.47 Å². The topological polar surface area (TPSA) is 30.5 Å². The third-order valence-corrected chi connectivity index (χ3v) is 4.71. The van der Waals surface area contributed by atoms with E-state index in [9.17, 15) is 0 Å². The van der Waals surface area contributed by atoms with Gasteiger partial charge in [0.1, 0.15) is 0 Å². The summed E-state index contributed by atoms with van der Waals surface area (Å²) in [6.07, 6.45) is 8.10. The minimum atomic E-state index is 0.662. The van der Waals surface area contributed by atoms with Gasteiger partial charge in [0.2, 0.25) is 0 Å². The molecule has 0 radical (unpaired) electrons. The molecule has 1 saturated carbocycles. The Morgan fingerprint density at radius 2 is 1.86 bits per heavy atom. The summed E-state index contributed by atoms with van der Waals surface area (Å²) < 4.78 is 10.6. The van der Waals surface area contributed by atoms with Crippen LogP contribution in [0.15, 0.2) is 18.2 Å². The maximum atomic E-state index is 5.36. The highest BCUT2D eigenvalue weighted by Crippen LogP contribution is 2.28. The first-order chi connectivity index (χ1) is 10.3. The molecule has 1 N–H and O–H groups in total. The van der Waals surface area contributed by atoms with E-state index in [1.165, 1.54) is 44.1 Å². The number of nitrogens with one attached hydrogen (secondary N) is 1. The summed E-state index contributed by atoms with van der Waals surface area (Å²) in [6.45, 7) is 3.23. The van der Waals surface area contributed by atoms with Crippen molar-refractivity contribution >= 4 is 0 Å². The lowest BCUT2D eigenvalue weighted by Crippen LogP contribution is -2.28. The summed E-state index contributed by atoms with van der Waals surface area (Å²) in [5.74, 6) is 2.54. The molecule has 2 rings (SSSR count). The highest BCUT2D eigenvalue weighted by atomic mass is 16.5. The van der Waals surface area contributed by atoms with E-state index in [1.807, 2.05) is 6.07 Å². The van der Waals surface area contributed by atoms with Crippen LogP contribution < -0.4 is 14.8 Å². The van der Waals surface area contributed by atoms with Gasteiger partial charge in [-0.25, -0.2) is 0 Å². The summed E-state index contributed by atoms with van der Waals surface area (Å²) in [4.78, 5) is 0. The van der Waals surface area contributed by atoms with Gasteiger partial charge in [-0.2, -0.15) is 0 Å². The van der Waals surface area contributed by atoms with Crippen LogP contribution in [0.2, 0.25) is 0 Å². The fourth-order valence-electron chi connectivity index (χ4n) is 3.24. The molecule has 3 nitrogen and oxygen atoms in total. The molecule has 2 atom stereocenters. The molecule has 0 saturated heterocycles. The van der Waals surface area contributed by atoms with E-state index in [-0.39, 0.29) is 0 Å². The standard InChI is InChI=1S/C18H29NO2/c1-4-14-6-5-7-16(10-8-14)19-13-15-9-11-17(20-2)18(12-15)21-3/h9,11-12,14,16,19H,4-8,10,13H2,1-3H3. The largest absolute Gasteiger partial charge is 0.493 e. The molecule has 1 aromatic rings. The van der Waals surface area contributed by atoms with Crippen LogP contribution in [-0.4, -0.2) is 20.3 Å². The molecular weight excluding hydrogens is 262 g/mol. The van der Waals surface area contributed by atoms with Crippen LogP contribution in [0.4, 0.5) is 0 Å². The van der Waals surface area contributed by atoms with Crippen molar-refractivity contribution in [1.82, 2.24) is 5.32 Å². The first-order valence-electron chi connectivity index (χ1n) is 8.21. The van der Waals surface area contributed by atoms with Crippen LogP contribution >= 0.6 is 0 Å². The fourth-order valence-corrected chi connectivity index (χ4v) is 3.24. The van der Waals surface area contributed by atoms with Gasteiger partial charge in [-0.15, -0.1) is 0 Å². The average Bonchev–Trinajstić information content (AvgIpc) is 2.77. The Hall–Kier alpha value is -1.22. The first kappa shape index (κ1) is 16.2. The average molecular weight is 291 g/mol. The normalized spacial score (nSPS) is 22.6. The van der Waals surface area contributed by atoms with Crippen molar-refractivity contribution in [3.63, 3.8) is 0 Å². The molecule has 0 amide bonds. The predicted octanol–water partition coefficient (Wildman–Crippen LogP) is 4.15. The van der Waals surface area contributed by atoms with Crippen LogP contribution in [0.25, 0.3) is 0 Å². The van der Waals surface area contributed by atoms with Crippen molar-refractivity contribution in [2.75, 3.05) is 14.2 Å². The van der Waals surface area contributed by atoms with E-state index in [2.05, 4.69) is 24.4 Å². The highest BCUT2D eigenvalue weighted by molar-refractivity contribution is 5.42. The number of hydrogen-bond donors (Lipinski definition) is 1. The van der Waals surface area contributed by atoms with Gasteiger partial charge >= 0.3 is 0 Å². The van der Waals surface area contributed by atoms with Gasteiger partial charge in [0.05, 0.1) is 14.2 Å². The molecule has 0 spiro atoms. The van der Waals surface area contributed by atoms with Gasteiger partial charge in [0, 0.05) is 12.6 Å². The quantitative estimate of drug-likeness (QED) is 0.799. The van der Waals surface area contributed by atoms with E-state index < -0.39 is 0 Å². The zero-order chi connectivity index (χ0) is 15.1. The van der Waals surface area contributed by atoms with E-state index in [0.29, 0.717) is 6.04 Å². The minimum absolute atomic E-state index is 0.662. The van der Waals surface area contributed by atoms with Crippen LogP contribution in [0.3, 0.4) is 0 Å². The van der Waals surface area contributed by atoms with Crippen LogP contribution in [0.5, 0.6) is 11.5 Å². The molecule has 1 aromatic carbocycles. The second-order valence-corrected chi connectivity index (χ2v) is 6.05. The predicted molar refractivity (Wildman–Crippen MR) is 87.0 cm³/mol. The monoisotopic (exact) mass is 291 g/mol. The molecular formula is C18H29NO2. The molecule has 2 unspecified atom stereocenters. The molecule has 0 aliphatic heterocycles. The third kappa shape index (κ3) is 4.63. The number of ether oxygens (including phenoxy) is 2. The summed E-state index contributed by atoms with van der Waals surface area (Å²) >= 11 is 0. The number of rotatable bonds is 6. The Bertz CT molecular complexity index is 433. The Balaban J connectivity index is 1.87. The highest BCUT2D eigenvalue weighted by Gasteiger charge is 2.17. The van der Waals surface area contributed by atoms with Gasteiger partial charge in [-0.1, -0.05) is 32.3 Å². The lowest BCUT2D eigenvalue weighted by molar-refractivity contribution is 0.354. The minimum Gasteiger partial charge on any atom is -0.493 e. The summed E-state index contributed by atoms with van der Waals surface area (Å²) in [7, 11) is 3.36. The Morgan fingerprint density at radius 1 is 1.05 bits per heavy atom. The lowest BCUT2D eigenvalue weighted by Gasteiger charge is -2.17. The van der Waals surface area contributed by atoms with Crippen molar-refractivity contribution in [2.24, 2.45) is 5.92 Å². The molecule has 0 heterocycles. The zero-order valence-electron chi connectivity index (χ0n) is 13.7. The van der Waals surface area contributed by atoms with E-state index in [1.54, 1.807) is 14.2 Å². The fraction of sp³-hybridized carbons (Fsp3) is 0.667. The lowest BCUT2D eigenvalue weighted by atomic mass is 9.98. The molecule has 118 valence electrons. The van der Waals surface area contributed by atoms with Gasteiger partial charge in [0.25, 0.3) is 0 Å². The van der Waals surface area contributed by atoms with E-state index in [4.69, 9.17) is 9.47 Å². The van der Waals surface area contributed by atoms with Crippen molar-refractivity contribution in [1.29, 1.82) is 0 Å². The maximum absolute atomic E-state index is 5.36. The molecule has 0 aromatic heterocycles. The molecule has 1 fully saturated rings. The molecule has 1 aliphatic carbocycles. The summed E-state index contributed by atoms with van der Waals surface area (Å²) in [6, 6.07) is 6.82. The summed E-state index contributed by atoms with van der Waals surface area (Å²) in [5, 5.41) is 3.71. The van der Waals surface area contributed by atoms with Crippen LogP contribution in [-0.2, 0) is 6.54 Å². The second-order valence-electron chi connectivity index (χ2n) is 6.05. The van der Waals surface area contributed by atoms with Crippen LogP contribution in [0.1, 0.15) is 51.0 Å². The van der Waals surface area contributed by atoms with Crippen molar-refractivity contribution in [3.8, 4) is 11.5 Å². The number of benzene rings is 1.